The van der Waals surface area contributed by atoms with Crippen molar-refractivity contribution in [1.82, 2.24) is 18.4 Å². The molecule has 0 spiro atoms. The third-order valence-corrected chi connectivity index (χ3v) is 11.0. The van der Waals surface area contributed by atoms with Gasteiger partial charge in [0.15, 0.2) is 0 Å². The number of nitrogens with zero attached hydrogens (tertiary/aromatic N) is 4. The zero-order valence-electron chi connectivity index (χ0n) is 21.5. The van der Waals surface area contributed by atoms with E-state index in [-0.39, 0.29) is 35.3 Å². The maximum absolute atomic E-state index is 13.9. The lowest BCUT2D eigenvalue weighted by Crippen LogP contribution is -2.63. The Kier molecular flexibility index (Phi) is 8.15. The van der Waals surface area contributed by atoms with E-state index in [2.05, 4.69) is 17.0 Å². The predicted molar refractivity (Wildman–Crippen MR) is 148 cm³/mol. The highest BCUT2D eigenvalue weighted by Crippen LogP contribution is 2.26. The van der Waals surface area contributed by atoms with Crippen molar-refractivity contribution >= 4 is 26.0 Å². The molecule has 206 valence electrons. The minimum Gasteiger partial charge on any atom is -0.339 e. The van der Waals surface area contributed by atoms with Gasteiger partial charge in [0.1, 0.15) is 6.04 Å². The van der Waals surface area contributed by atoms with E-state index in [1.807, 2.05) is 18.2 Å². The lowest BCUT2D eigenvalue weighted by atomic mass is 10.1. The van der Waals surface area contributed by atoms with Crippen LogP contribution in [0.1, 0.15) is 5.56 Å². The molecule has 0 bridgehead atoms. The molecule has 0 radical (unpaired) electrons. The van der Waals surface area contributed by atoms with E-state index in [4.69, 9.17) is 0 Å². The molecule has 0 N–H and O–H groups in total. The van der Waals surface area contributed by atoms with Crippen LogP contribution >= 0.6 is 0 Å². The number of sulfonamides is 2. The molecule has 1 atom stereocenters. The van der Waals surface area contributed by atoms with E-state index in [9.17, 15) is 21.6 Å². The van der Waals surface area contributed by atoms with Crippen LogP contribution in [0.25, 0.3) is 0 Å². The number of carbonyl (C=O) groups excluding carboxylic acids is 1. The zero-order valence-corrected chi connectivity index (χ0v) is 23.2. The van der Waals surface area contributed by atoms with Crippen molar-refractivity contribution < 1.29 is 21.6 Å². The Labute approximate surface area is 230 Å². The van der Waals surface area contributed by atoms with Gasteiger partial charge in [0, 0.05) is 52.4 Å². The molecular weight excluding hydrogens is 536 g/mol. The highest BCUT2D eigenvalue weighted by Gasteiger charge is 2.45. The van der Waals surface area contributed by atoms with Crippen LogP contribution in [0.15, 0.2) is 101 Å². The maximum atomic E-state index is 13.9. The summed E-state index contributed by atoms with van der Waals surface area (Å²) in [6.45, 7) is 2.52. The van der Waals surface area contributed by atoms with Crippen LogP contribution < -0.4 is 0 Å². The summed E-state index contributed by atoms with van der Waals surface area (Å²) in [5.41, 5.74) is 1.19. The Hall–Kier alpha value is -3.09. The number of hydrogen-bond donors (Lipinski definition) is 0. The number of rotatable bonds is 7. The van der Waals surface area contributed by atoms with Gasteiger partial charge in [0.05, 0.1) is 9.79 Å². The minimum atomic E-state index is -4.03. The largest absolute Gasteiger partial charge is 0.339 e. The minimum absolute atomic E-state index is 0.0437. The zero-order chi connectivity index (χ0) is 27.5. The lowest BCUT2D eigenvalue weighted by molar-refractivity contribution is -0.138. The van der Waals surface area contributed by atoms with Crippen LogP contribution in [0.3, 0.4) is 0 Å². The molecule has 39 heavy (non-hydrogen) atoms. The normalized spacial score (nSPS) is 20.1. The summed E-state index contributed by atoms with van der Waals surface area (Å²) in [4.78, 5) is 18.0. The van der Waals surface area contributed by atoms with Crippen molar-refractivity contribution in [1.29, 1.82) is 0 Å². The number of amides is 1. The van der Waals surface area contributed by atoms with Crippen LogP contribution in [-0.2, 0) is 31.4 Å². The molecule has 2 saturated heterocycles. The fraction of sp³-hybridized carbons (Fsp3) is 0.321. The molecule has 3 aromatic rings. The Bertz CT molecular complexity index is 1480. The SMILES string of the molecule is O=C([C@H]1CN(S(=O)(=O)c2ccccc2)CCN1S(=O)(=O)c1ccccc1)N1CCN(Cc2ccccc2)CC1. The summed E-state index contributed by atoms with van der Waals surface area (Å²) in [7, 11) is -7.93. The number of piperazine rings is 2. The first-order valence-corrected chi connectivity index (χ1v) is 15.8. The van der Waals surface area contributed by atoms with Crippen molar-refractivity contribution in [3.8, 4) is 0 Å². The lowest BCUT2D eigenvalue weighted by Gasteiger charge is -2.42. The molecule has 0 aromatic heterocycles. The summed E-state index contributed by atoms with van der Waals surface area (Å²) in [5, 5.41) is 0. The van der Waals surface area contributed by atoms with Gasteiger partial charge in [-0.1, -0.05) is 66.7 Å². The van der Waals surface area contributed by atoms with Gasteiger partial charge >= 0.3 is 0 Å². The molecular formula is C28H32N4O5S2. The van der Waals surface area contributed by atoms with E-state index < -0.39 is 26.1 Å². The second-order valence-electron chi connectivity index (χ2n) is 9.71. The topological polar surface area (TPSA) is 98.3 Å². The number of benzene rings is 3. The first-order chi connectivity index (χ1) is 18.8. The van der Waals surface area contributed by atoms with E-state index in [1.54, 1.807) is 41.3 Å². The molecule has 3 aromatic carbocycles. The quantitative estimate of drug-likeness (QED) is 0.433. The molecule has 5 rings (SSSR count). The predicted octanol–water partition coefficient (Wildman–Crippen LogP) is 2.09. The van der Waals surface area contributed by atoms with Crippen molar-refractivity contribution in [2.45, 2.75) is 22.4 Å². The molecule has 0 aliphatic carbocycles. The number of carbonyl (C=O) groups is 1. The molecule has 2 aliphatic heterocycles. The van der Waals surface area contributed by atoms with E-state index in [0.717, 1.165) is 6.54 Å². The second kappa shape index (κ2) is 11.6. The van der Waals surface area contributed by atoms with Crippen LogP contribution in [0, 0.1) is 0 Å². The van der Waals surface area contributed by atoms with Gasteiger partial charge in [-0.25, -0.2) is 16.8 Å². The molecule has 1 amide bonds. The van der Waals surface area contributed by atoms with Gasteiger partial charge < -0.3 is 4.90 Å². The van der Waals surface area contributed by atoms with Gasteiger partial charge in [0.25, 0.3) is 0 Å². The third-order valence-electron chi connectivity index (χ3n) is 7.24. The van der Waals surface area contributed by atoms with E-state index in [0.29, 0.717) is 26.2 Å². The average Bonchev–Trinajstić information content (AvgIpc) is 2.98. The molecule has 0 saturated carbocycles. The van der Waals surface area contributed by atoms with Crippen LogP contribution in [-0.4, -0.2) is 93.0 Å². The summed E-state index contributed by atoms with van der Waals surface area (Å²) < 4.78 is 56.5. The monoisotopic (exact) mass is 568 g/mol. The summed E-state index contributed by atoms with van der Waals surface area (Å²) in [5.74, 6) is -0.373. The fourth-order valence-electron chi connectivity index (χ4n) is 5.10. The van der Waals surface area contributed by atoms with Crippen molar-refractivity contribution in [3.05, 3.63) is 96.6 Å². The van der Waals surface area contributed by atoms with Gasteiger partial charge in [-0.2, -0.15) is 8.61 Å². The van der Waals surface area contributed by atoms with Crippen LogP contribution in [0.5, 0.6) is 0 Å². The smallest absolute Gasteiger partial charge is 0.243 e. The van der Waals surface area contributed by atoms with Gasteiger partial charge in [-0.3, -0.25) is 9.69 Å². The van der Waals surface area contributed by atoms with E-state index >= 15 is 0 Å². The summed E-state index contributed by atoms with van der Waals surface area (Å²) in [6, 6.07) is 24.9. The first-order valence-electron chi connectivity index (χ1n) is 12.9. The Morgan fingerprint density at radius 1 is 0.641 bits per heavy atom. The summed E-state index contributed by atoms with van der Waals surface area (Å²) >= 11 is 0. The maximum Gasteiger partial charge on any atom is 0.243 e. The van der Waals surface area contributed by atoms with Crippen LogP contribution in [0.2, 0.25) is 0 Å². The van der Waals surface area contributed by atoms with E-state index in [1.165, 1.54) is 38.4 Å². The molecule has 0 unspecified atom stereocenters. The highest BCUT2D eigenvalue weighted by molar-refractivity contribution is 7.89. The standard InChI is InChI=1S/C28H32N4O5S2/c33-28(30-18-16-29(17-19-30)22-24-10-4-1-5-11-24)27-23-31(38(34,35)25-12-6-2-7-13-25)20-21-32(27)39(36,37)26-14-8-3-9-15-26/h1-15,27H,16-23H2/t27-/m1/s1. The average molecular weight is 569 g/mol. The Morgan fingerprint density at radius 2 is 1.15 bits per heavy atom. The molecule has 2 aliphatic rings. The van der Waals surface area contributed by atoms with Crippen LogP contribution in [0.4, 0.5) is 0 Å². The Balaban J connectivity index is 1.37. The molecule has 2 heterocycles. The number of hydrogen-bond acceptors (Lipinski definition) is 6. The molecule has 2 fully saturated rings. The Morgan fingerprint density at radius 3 is 1.72 bits per heavy atom. The van der Waals surface area contributed by atoms with Gasteiger partial charge in [-0.05, 0) is 29.8 Å². The second-order valence-corrected chi connectivity index (χ2v) is 13.5. The van der Waals surface area contributed by atoms with Gasteiger partial charge in [-0.15, -0.1) is 0 Å². The van der Waals surface area contributed by atoms with Crippen molar-refractivity contribution in [3.63, 3.8) is 0 Å². The van der Waals surface area contributed by atoms with Crippen molar-refractivity contribution in [2.24, 2.45) is 0 Å². The summed E-state index contributed by atoms with van der Waals surface area (Å²) in [6.07, 6.45) is 0. The third kappa shape index (κ3) is 5.92. The molecule has 11 heteroatoms. The fourth-order valence-corrected chi connectivity index (χ4v) is 8.14. The van der Waals surface area contributed by atoms with Gasteiger partial charge in [0.2, 0.25) is 26.0 Å². The first kappa shape index (κ1) is 27.5. The highest BCUT2D eigenvalue weighted by atomic mass is 32.2. The molecule has 9 nitrogen and oxygen atoms in total. The van der Waals surface area contributed by atoms with Crippen molar-refractivity contribution in [2.75, 3.05) is 45.8 Å².